The van der Waals surface area contributed by atoms with Crippen LogP contribution >= 0.6 is 11.3 Å². The van der Waals surface area contributed by atoms with E-state index >= 15 is 0 Å². The zero-order valence-electron chi connectivity index (χ0n) is 12.8. The number of aromatic amines is 1. The van der Waals surface area contributed by atoms with Gasteiger partial charge in [0, 0.05) is 17.5 Å². The third kappa shape index (κ3) is 3.32. The van der Waals surface area contributed by atoms with Crippen LogP contribution in [0.2, 0.25) is 0 Å². The Morgan fingerprint density at radius 3 is 2.70 bits per heavy atom. The van der Waals surface area contributed by atoms with Crippen molar-refractivity contribution in [2.75, 3.05) is 7.05 Å². The molecule has 1 amide bonds. The summed E-state index contributed by atoms with van der Waals surface area (Å²) >= 11 is 1.64. The van der Waals surface area contributed by atoms with Gasteiger partial charge in [-0.2, -0.15) is 5.10 Å². The number of benzene rings is 1. The van der Waals surface area contributed by atoms with Crippen molar-refractivity contribution in [2.45, 2.75) is 13.5 Å². The van der Waals surface area contributed by atoms with Crippen LogP contribution < -0.4 is 0 Å². The fraction of sp³-hybridized carbons (Fsp3) is 0.176. The average Bonchev–Trinajstić information content (AvgIpc) is 3.17. The molecule has 2 heterocycles. The van der Waals surface area contributed by atoms with Gasteiger partial charge in [0.1, 0.15) is 11.5 Å². The van der Waals surface area contributed by atoms with Gasteiger partial charge in [-0.25, -0.2) is 4.39 Å². The number of nitrogens with one attached hydrogen (secondary N) is 1. The van der Waals surface area contributed by atoms with E-state index in [-0.39, 0.29) is 11.7 Å². The molecule has 6 heteroatoms. The molecule has 0 aliphatic heterocycles. The van der Waals surface area contributed by atoms with Gasteiger partial charge >= 0.3 is 0 Å². The number of hydrogen-bond donors (Lipinski definition) is 1. The minimum absolute atomic E-state index is 0.126. The van der Waals surface area contributed by atoms with Crippen molar-refractivity contribution in [3.05, 3.63) is 63.7 Å². The van der Waals surface area contributed by atoms with E-state index in [4.69, 9.17) is 0 Å². The molecule has 118 valence electrons. The van der Waals surface area contributed by atoms with Crippen LogP contribution in [-0.2, 0) is 6.54 Å². The summed E-state index contributed by atoms with van der Waals surface area (Å²) in [6.45, 7) is 2.60. The van der Waals surface area contributed by atoms with E-state index in [2.05, 4.69) is 10.2 Å². The summed E-state index contributed by atoms with van der Waals surface area (Å²) in [5.74, 6) is -0.426. The van der Waals surface area contributed by atoms with E-state index in [9.17, 15) is 9.18 Å². The van der Waals surface area contributed by atoms with E-state index in [0.717, 1.165) is 5.56 Å². The van der Waals surface area contributed by atoms with E-state index in [0.29, 0.717) is 17.9 Å². The van der Waals surface area contributed by atoms with Crippen LogP contribution in [0.1, 0.15) is 20.9 Å². The fourth-order valence-electron chi connectivity index (χ4n) is 2.26. The average molecular weight is 329 g/mol. The Kier molecular flexibility index (Phi) is 4.25. The van der Waals surface area contributed by atoms with Crippen LogP contribution in [0, 0.1) is 12.7 Å². The second-order valence-corrected chi connectivity index (χ2v) is 6.36. The van der Waals surface area contributed by atoms with E-state index in [1.807, 2.05) is 18.4 Å². The van der Waals surface area contributed by atoms with E-state index in [1.165, 1.54) is 22.6 Å². The first-order chi connectivity index (χ1) is 11.0. The molecule has 0 fully saturated rings. The van der Waals surface area contributed by atoms with Crippen molar-refractivity contribution < 1.29 is 9.18 Å². The lowest BCUT2D eigenvalue weighted by Crippen LogP contribution is -2.26. The Bertz CT molecular complexity index is 822. The lowest BCUT2D eigenvalue weighted by Gasteiger charge is -2.15. The van der Waals surface area contributed by atoms with Gasteiger partial charge in [0.25, 0.3) is 5.91 Å². The van der Waals surface area contributed by atoms with Crippen molar-refractivity contribution in [3.63, 3.8) is 0 Å². The molecule has 0 unspecified atom stereocenters. The van der Waals surface area contributed by atoms with Crippen LogP contribution in [0.3, 0.4) is 0 Å². The lowest BCUT2D eigenvalue weighted by molar-refractivity contribution is 0.0780. The first-order valence-electron chi connectivity index (χ1n) is 7.14. The third-order valence-corrected chi connectivity index (χ3v) is 4.65. The Hall–Kier alpha value is -2.47. The number of hydrogen-bond acceptors (Lipinski definition) is 3. The maximum atomic E-state index is 13.0. The van der Waals surface area contributed by atoms with Gasteiger partial charge < -0.3 is 4.90 Å². The topological polar surface area (TPSA) is 49.0 Å². The number of rotatable bonds is 4. The molecular weight excluding hydrogens is 313 g/mol. The van der Waals surface area contributed by atoms with Gasteiger partial charge in [0.2, 0.25) is 0 Å². The number of carbonyl (C=O) groups excluding carboxylic acids is 1. The normalized spacial score (nSPS) is 10.7. The highest BCUT2D eigenvalue weighted by molar-refractivity contribution is 7.10. The van der Waals surface area contributed by atoms with Gasteiger partial charge in [0.05, 0.1) is 12.2 Å². The van der Waals surface area contributed by atoms with Crippen molar-refractivity contribution in [3.8, 4) is 11.3 Å². The van der Waals surface area contributed by atoms with E-state index in [1.54, 1.807) is 41.5 Å². The number of aromatic nitrogens is 2. The van der Waals surface area contributed by atoms with Gasteiger partial charge in [-0.15, -0.1) is 11.3 Å². The Labute approximate surface area is 137 Å². The van der Waals surface area contributed by atoms with Crippen molar-refractivity contribution in [1.29, 1.82) is 0 Å². The molecule has 0 spiro atoms. The maximum absolute atomic E-state index is 13.0. The lowest BCUT2D eigenvalue weighted by atomic mass is 10.1. The molecule has 23 heavy (non-hydrogen) atoms. The standard InChI is InChI=1S/C17H16FN3OS/c1-11-7-8-23-16(11)10-21(2)17(22)15-9-14(19-20-15)12-3-5-13(18)6-4-12/h3-9H,10H2,1-2H3,(H,19,20). The SMILES string of the molecule is Cc1ccsc1CN(C)C(=O)c1cc(-c2ccc(F)cc2)n[nH]1. The minimum Gasteiger partial charge on any atom is -0.335 e. The second-order valence-electron chi connectivity index (χ2n) is 5.36. The van der Waals surface area contributed by atoms with Crippen LogP contribution in [0.25, 0.3) is 11.3 Å². The highest BCUT2D eigenvalue weighted by Crippen LogP contribution is 2.20. The molecule has 3 aromatic rings. The molecule has 0 aliphatic rings. The number of nitrogens with zero attached hydrogens (tertiary/aromatic N) is 2. The molecule has 1 aromatic carbocycles. The zero-order valence-corrected chi connectivity index (χ0v) is 13.7. The monoisotopic (exact) mass is 329 g/mol. The van der Waals surface area contributed by atoms with Crippen LogP contribution in [0.15, 0.2) is 41.8 Å². The maximum Gasteiger partial charge on any atom is 0.271 e. The highest BCUT2D eigenvalue weighted by Gasteiger charge is 2.16. The van der Waals surface area contributed by atoms with Gasteiger partial charge in [-0.3, -0.25) is 9.89 Å². The van der Waals surface area contributed by atoms with Crippen molar-refractivity contribution in [2.24, 2.45) is 0 Å². The first kappa shape index (κ1) is 15.4. The molecule has 0 radical (unpaired) electrons. The summed E-state index contributed by atoms with van der Waals surface area (Å²) in [4.78, 5) is 15.3. The summed E-state index contributed by atoms with van der Waals surface area (Å²) in [6.07, 6.45) is 0. The largest absolute Gasteiger partial charge is 0.335 e. The number of thiophene rings is 1. The van der Waals surface area contributed by atoms with Gasteiger partial charge in [-0.05, 0) is 54.3 Å². The Morgan fingerprint density at radius 1 is 1.30 bits per heavy atom. The molecule has 0 saturated heterocycles. The number of amides is 1. The summed E-state index contributed by atoms with van der Waals surface area (Å²) in [5, 5.41) is 8.92. The quantitative estimate of drug-likeness (QED) is 0.790. The summed E-state index contributed by atoms with van der Waals surface area (Å²) in [6, 6.07) is 9.75. The number of aryl methyl sites for hydroxylation is 1. The summed E-state index contributed by atoms with van der Waals surface area (Å²) in [7, 11) is 1.76. The Balaban J connectivity index is 1.75. The van der Waals surface area contributed by atoms with Gasteiger partial charge in [-0.1, -0.05) is 0 Å². The van der Waals surface area contributed by atoms with Crippen molar-refractivity contribution in [1.82, 2.24) is 15.1 Å². The Morgan fingerprint density at radius 2 is 2.04 bits per heavy atom. The summed E-state index contributed by atoms with van der Waals surface area (Å²) in [5.41, 5.74) is 2.99. The number of H-pyrrole nitrogens is 1. The van der Waals surface area contributed by atoms with Crippen molar-refractivity contribution >= 4 is 17.2 Å². The fourth-order valence-corrected chi connectivity index (χ4v) is 3.22. The minimum atomic E-state index is -0.299. The molecule has 4 nitrogen and oxygen atoms in total. The second kappa shape index (κ2) is 6.34. The van der Waals surface area contributed by atoms with Crippen LogP contribution in [0.4, 0.5) is 4.39 Å². The molecule has 1 N–H and O–H groups in total. The van der Waals surface area contributed by atoms with E-state index < -0.39 is 0 Å². The van der Waals surface area contributed by atoms with Crippen LogP contribution in [0.5, 0.6) is 0 Å². The zero-order chi connectivity index (χ0) is 16.4. The number of carbonyl (C=O) groups is 1. The predicted octanol–water partition coefficient (Wildman–Crippen LogP) is 3.86. The number of halogens is 1. The predicted molar refractivity (Wildman–Crippen MR) is 88.8 cm³/mol. The molecule has 0 saturated carbocycles. The molecular formula is C17H16FN3OS. The molecule has 0 bridgehead atoms. The highest BCUT2D eigenvalue weighted by atomic mass is 32.1. The van der Waals surface area contributed by atoms with Gasteiger partial charge in [0.15, 0.2) is 0 Å². The smallest absolute Gasteiger partial charge is 0.271 e. The molecule has 2 aromatic heterocycles. The third-order valence-electron chi connectivity index (χ3n) is 3.64. The molecule has 3 rings (SSSR count). The first-order valence-corrected chi connectivity index (χ1v) is 8.02. The molecule has 0 atom stereocenters. The summed E-state index contributed by atoms with van der Waals surface area (Å²) < 4.78 is 13.0. The van der Waals surface area contributed by atoms with Crippen LogP contribution in [-0.4, -0.2) is 28.1 Å². The molecule has 0 aliphatic carbocycles.